The SMILES string of the molecule is CCCc1c(OCCCCCI)sc(C(C)=O)c1OC. The highest BCUT2D eigenvalue weighted by atomic mass is 127. The number of hydrogen-bond acceptors (Lipinski definition) is 4. The maximum atomic E-state index is 11.7. The third-order valence-corrected chi connectivity index (χ3v) is 4.95. The molecule has 0 radical (unpaired) electrons. The van der Waals surface area contributed by atoms with Crippen LogP contribution < -0.4 is 9.47 Å². The van der Waals surface area contributed by atoms with E-state index in [1.54, 1.807) is 14.0 Å². The Bertz CT molecular complexity index is 429. The molecule has 0 fully saturated rings. The van der Waals surface area contributed by atoms with Gasteiger partial charge in [-0.3, -0.25) is 4.79 Å². The lowest BCUT2D eigenvalue weighted by molar-refractivity contribution is 0.101. The van der Waals surface area contributed by atoms with E-state index in [1.165, 1.54) is 28.6 Å². The van der Waals surface area contributed by atoms with Gasteiger partial charge in [0.05, 0.1) is 13.7 Å². The van der Waals surface area contributed by atoms with Crippen molar-refractivity contribution in [2.24, 2.45) is 0 Å². The number of alkyl halides is 1. The average Bonchev–Trinajstić information content (AvgIpc) is 2.77. The molecule has 0 aromatic carbocycles. The van der Waals surface area contributed by atoms with Crippen LogP contribution in [-0.4, -0.2) is 23.9 Å². The van der Waals surface area contributed by atoms with Gasteiger partial charge in [-0.05, 0) is 30.1 Å². The van der Waals surface area contributed by atoms with Crippen molar-refractivity contribution in [1.29, 1.82) is 0 Å². The van der Waals surface area contributed by atoms with E-state index in [-0.39, 0.29) is 5.78 Å². The predicted octanol–water partition coefficient (Wildman–Crippen LogP) is 4.90. The standard InChI is InChI=1S/C15H23IO3S/c1-4-8-12-13(18-3)14(11(2)17)20-15(12)19-10-7-5-6-9-16/h4-10H2,1-3H3. The molecule has 0 unspecified atom stereocenters. The number of Topliss-reactive ketones (excluding diaryl/α,β-unsaturated/α-hetero) is 1. The summed E-state index contributed by atoms with van der Waals surface area (Å²) >= 11 is 3.82. The van der Waals surface area contributed by atoms with Crippen LogP contribution in [0.2, 0.25) is 0 Å². The predicted molar refractivity (Wildman–Crippen MR) is 93.1 cm³/mol. The topological polar surface area (TPSA) is 35.5 Å². The van der Waals surface area contributed by atoms with Gasteiger partial charge in [-0.15, -0.1) is 0 Å². The van der Waals surface area contributed by atoms with Crippen molar-refractivity contribution in [2.75, 3.05) is 18.1 Å². The van der Waals surface area contributed by atoms with Crippen LogP contribution in [0.25, 0.3) is 0 Å². The number of ketones is 1. The van der Waals surface area contributed by atoms with Gasteiger partial charge in [-0.25, -0.2) is 0 Å². The first kappa shape index (κ1) is 17.8. The summed E-state index contributed by atoms with van der Waals surface area (Å²) < 4.78 is 12.5. The number of unbranched alkanes of at least 4 members (excludes halogenated alkanes) is 2. The number of ether oxygens (including phenoxy) is 2. The summed E-state index contributed by atoms with van der Waals surface area (Å²) in [4.78, 5) is 12.4. The Morgan fingerprint density at radius 2 is 2.05 bits per heavy atom. The fraction of sp³-hybridized carbons (Fsp3) is 0.667. The third-order valence-electron chi connectivity index (χ3n) is 2.96. The Morgan fingerprint density at radius 1 is 1.30 bits per heavy atom. The number of methoxy groups -OCH3 is 1. The summed E-state index contributed by atoms with van der Waals surface area (Å²) in [6, 6.07) is 0. The van der Waals surface area contributed by atoms with Gasteiger partial charge in [0.2, 0.25) is 0 Å². The van der Waals surface area contributed by atoms with Crippen molar-refractivity contribution < 1.29 is 14.3 Å². The van der Waals surface area contributed by atoms with Crippen molar-refractivity contribution >= 4 is 39.7 Å². The molecule has 1 rings (SSSR count). The first-order valence-corrected chi connectivity index (χ1v) is 9.39. The highest BCUT2D eigenvalue weighted by Gasteiger charge is 2.22. The van der Waals surface area contributed by atoms with Crippen molar-refractivity contribution in [3.63, 3.8) is 0 Å². The molecule has 3 nitrogen and oxygen atoms in total. The lowest BCUT2D eigenvalue weighted by Gasteiger charge is -2.07. The number of thiophene rings is 1. The van der Waals surface area contributed by atoms with E-state index in [2.05, 4.69) is 29.5 Å². The molecular formula is C15H23IO3S. The summed E-state index contributed by atoms with van der Waals surface area (Å²) in [7, 11) is 1.62. The van der Waals surface area contributed by atoms with Crippen LogP contribution in [-0.2, 0) is 6.42 Å². The molecule has 0 aliphatic carbocycles. The van der Waals surface area contributed by atoms with Crippen LogP contribution in [0.1, 0.15) is 54.8 Å². The number of carbonyl (C=O) groups excluding carboxylic acids is 1. The van der Waals surface area contributed by atoms with Crippen LogP contribution in [0.4, 0.5) is 0 Å². The number of rotatable bonds is 10. The quantitative estimate of drug-likeness (QED) is 0.238. The van der Waals surface area contributed by atoms with Crippen LogP contribution in [0, 0.1) is 0 Å². The minimum absolute atomic E-state index is 0.0453. The maximum Gasteiger partial charge on any atom is 0.181 e. The molecule has 0 amide bonds. The van der Waals surface area contributed by atoms with E-state index in [9.17, 15) is 4.79 Å². The molecule has 0 spiro atoms. The van der Waals surface area contributed by atoms with E-state index in [0.29, 0.717) is 17.2 Å². The molecule has 0 atom stereocenters. The lowest BCUT2D eigenvalue weighted by Crippen LogP contribution is -1.99. The minimum Gasteiger partial charge on any atom is -0.495 e. The number of carbonyl (C=O) groups is 1. The van der Waals surface area contributed by atoms with E-state index >= 15 is 0 Å². The van der Waals surface area contributed by atoms with Crippen molar-refractivity contribution in [1.82, 2.24) is 0 Å². The van der Waals surface area contributed by atoms with E-state index < -0.39 is 0 Å². The van der Waals surface area contributed by atoms with Crippen LogP contribution in [0.3, 0.4) is 0 Å². The Morgan fingerprint density at radius 3 is 2.60 bits per heavy atom. The molecule has 0 aliphatic heterocycles. The fourth-order valence-corrected chi connectivity index (χ4v) is 3.63. The minimum atomic E-state index is 0.0453. The zero-order chi connectivity index (χ0) is 15.0. The second-order valence-corrected chi connectivity index (χ2v) is 6.70. The largest absolute Gasteiger partial charge is 0.495 e. The van der Waals surface area contributed by atoms with E-state index in [0.717, 1.165) is 29.9 Å². The highest BCUT2D eigenvalue weighted by molar-refractivity contribution is 14.1. The van der Waals surface area contributed by atoms with Gasteiger partial charge in [0, 0.05) is 12.5 Å². The maximum absolute atomic E-state index is 11.7. The molecule has 20 heavy (non-hydrogen) atoms. The van der Waals surface area contributed by atoms with Crippen molar-refractivity contribution in [3.8, 4) is 10.8 Å². The fourth-order valence-electron chi connectivity index (χ4n) is 2.00. The molecule has 5 heteroatoms. The number of hydrogen-bond donors (Lipinski definition) is 0. The molecule has 1 aromatic rings. The monoisotopic (exact) mass is 410 g/mol. The molecular weight excluding hydrogens is 387 g/mol. The molecule has 0 saturated heterocycles. The van der Waals surface area contributed by atoms with Gasteiger partial charge in [0.1, 0.15) is 10.6 Å². The normalized spacial score (nSPS) is 10.6. The van der Waals surface area contributed by atoms with Gasteiger partial charge in [-0.1, -0.05) is 47.3 Å². The molecule has 0 aliphatic rings. The third kappa shape index (κ3) is 4.91. The molecule has 0 saturated carbocycles. The van der Waals surface area contributed by atoms with E-state index in [4.69, 9.17) is 9.47 Å². The summed E-state index contributed by atoms with van der Waals surface area (Å²) in [5, 5.41) is 0.864. The van der Waals surface area contributed by atoms with Gasteiger partial charge in [0.25, 0.3) is 0 Å². The summed E-state index contributed by atoms with van der Waals surface area (Å²) in [5.74, 6) is 0.760. The molecule has 1 heterocycles. The van der Waals surface area contributed by atoms with Crippen LogP contribution in [0.5, 0.6) is 10.8 Å². The first-order valence-electron chi connectivity index (χ1n) is 7.05. The molecule has 1 aromatic heterocycles. The molecule has 0 N–H and O–H groups in total. The Balaban J connectivity index is 2.79. The Hall–Kier alpha value is -0.300. The molecule has 114 valence electrons. The second-order valence-electron chi connectivity index (χ2n) is 4.63. The van der Waals surface area contributed by atoms with Gasteiger partial charge >= 0.3 is 0 Å². The Kier molecular flexibility index (Phi) is 8.52. The first-order chi connectivity index (χ1) is 9.65. The summed E-state index contributed by atoms with van der Waals surface area (Å²) in [5.41, 5.74) is 1.05. The van der Waals surface area contributed by atoms with Gasteiger partial charge in [0.15, 0.2) is 10.8 Å². The summed E-state index contributed by atoms with van der Waals surface area (Å²) in [6.45, 7) is 4.41. The van der Waals surface area contributed by atoms with E-state index in [1.807, 2.05) is 0 Å². The zero-order valence-electron chi connectivity index (χ0n) is 12.5. The summed E-state index contributed by atoms with van der Waals surface area (Å²) in [6.07, 6.45) is 5.38. The molecule has 0 bridgehead atoms. The number of halogens is 1. The Labute approximate surface area is 139 Å². The lowest BCUT2D eigenvalue weighted by atomic mass is 10.1. The highest BCUT2D eigenvalue weighted by Crippen LogP contribution is 2.42. The smallest absolute Gasteiger partial charge is 0.181 e. The van der Waals surface area contributed by atoms with Crippen LogP contribution >= 0.6 is 33.9 Å². The van der Waals surface area contributed by atoms with Crippen molar-refractivity contribution in [3.05, 3.63) is 10.4 Å². The van der Waals surface area contributed by atoms with Crippen molar-refractivity contribution in [2.45, 2.75) is 46.0 Å². The van der Waals surface area contributed by atoms with Crippen LogP contribution in [0.15, 0.2) is 0 Å². The average molecular weight is 410 g/mol. The second kappa shape index (κ2) is 9.60. The van der Waals surface area contributed by atoms with Gasteiger partial charge < -0.3 is 9.47 Å². The zero-order valence-corrected chi connectivity index (χ0v) is 15.4. The van der Waals surface area contributed by atoms with Gasteiger partial charge in [-0.2, -0.15) is 0 Å².